The van der Waals surface area contributed by atoms with Crippen molar-refractivity contribution in [1.82, 2.24) is 9.80 Å². The van der Waals surface area contributed by atoms with Gasteiger partial charge in [-0.25, -0.2) is 0 Å². The average molecular weight is 401 g/mol. The van der Waals surface area contributed by atoms with Gasteiger partial charge in [-0.15, -0.1) is 0 Å². The van der Waals surface area contributed by atoms with E-state index in [1.807, 2.05) is 13.8 Å². The molecule has 1 aromatic carbocycles. The molecule has 154 valence electrons. The minimum Gasteiger partial charge on any atom is -0.482 e. The molecule has 3 rings (SSSR count). The second-order valence-electron chi connectivity index (χ2n) is 7.41. The molecule has 0 aliphatic carbocycles. The zero-order chi connectivity index (χ0) is 21.1. The molecule has 0 N–H and O–H groups in total. The van der Waals surface area contributed by atoms with Crippen LogP contribution in [0.25, 0.3) is 0 Å². The highest BCUT2D eigenvalue weighted by Gasteiger charge is 2.32. The van der Waals surface area contributed by atoms with Gasteiger partial charge in [0.05, 0.1) is 16.7 Å². The highest BCUT2D eigenvalue weighted by molar-refractivity contribution is 6.02. The number of nitro groups is 1. The Morgan fingerprint density at radius 3 is 2.59 bits per heavy atom. The molecule has 2 aliphatic rings. The van der Waals surface area contributed by atoms with Crippen LogP contribution in [0.4, 0.5) is 11.4 Å². The fraction of sp³-hybridized carbons (Fsp3) is 0.526. The number of ether oxygens (including phenoxy) is 1. The van der Waals surface area contributed by atoms with Crippen molar-refractivity contribution >= 4 is 23.2 Å². The first kappa shape index (κ1) is 20.5. The summed E-state index contributed by atoms with van der Waals surface area (Å²) in [6.45, 7) is 5.65. The number of fused-ring (bicyclic) bond motifs is 1. The number of carbonyl (C=O) groups excluding carboxylic acids is 2. The van der Waals surface area contributed by atoms with E-state index in [2.05, 4.69) is 11.0 Å². The topological polar surface area (TPSA) is 120 Å². The Hall–Kier alpha value is -3.19. The average Bonchev–Trinajstić information content (AvgIpc) is 2.70. The molecule has 0 bridgehead atoms. The monoisotopic (exact) mass is 401 g/mol. The van der Waals surface area contributed by atoms with E-state index in [0.29, 0.717) is 31.9 Å². The molecule has 29 heavy (non-hydrogen) atoms. The molecule has 1 aromatic rings. The number of hydrogen-bond donors (Lipinski definition) is 0. The number of piperazine rings is 1. The van der Waals surface area contributed by atoms with Crippen molar-refractivity contribution in [3.63, 3.8) is 0 Å². The van der Waals surface area contributed by atoms with E-state index < -0.39 is 10.8 Å². The first-order chi connectivity index (χ1) is 13.8. The van der Waals surface area contributed by atoms with Gasteiger partial charge >= 0.3 is 0 Å². The molecule has 1 fully saturated rings. The van der Waals surface area contributed by atoms with E-state index in [9.17, 15) is 25.0 Å². The molecule has 0 saturated carbocycles. The smallest absolute Gasteiger partial charge is 0.271 e. The Morgan fingerprint density at radius 2 is 2.00 bits per heavy atom. The van der Waals surface area contributed by atoms with Crippen molar-refractivity contribution in [1.29, 1.82) is 5.26 Å². The highest BCUT2D eigenvalue weighted by Crippen LogP contribution is 2.35. The van der Waals surface area contributed by atoms with Crippen LogP contribution >= 0.6 is 0 Å². The zero-order valence-corrected chi connectivity index (χ0v) is 16.4. The predicted octanol–water partition coefficient (Wildman–Crippen LogP) is 1.01. The van der Waals surface area contributed by atoms with Crippen molar-refractivity contribution in [3.8, 4) is 11.8 Å². The van der Waals surface area contributed by atoms with Crippen LogP contribution in [0.3, 0.4) is 0 Å². The third-order valence-electron chi connectivity index (χ3n) is 5.21. The van der Waals surface area contributed by atoms with Crippen molar-refractivity contribution < 1.29 is 19.2 Å². The van der Waals surface area contributed by atoms with Gasteiger partial charge in [-0.2, -0.15) is 5.26 Å². The van der Waals surface area contributed by atoms with Gasteiger partial charge in [-0.1, -0.05) is 13.8 Å². The van der Waals surface area contributed by atoms with Crippen LogP contribution in [0.15, 0.2) is 18.2 Å². The Morgan fingerprint density at radius 1 is 1.31 bits per heavy atom. The lowest BCUT2D eigenvalue weighted by Crippen LogP contribution is -2.55. The van der Waals surface area contributed by atoms with Crippen molar-refractivity contribution in [2.45, 2.75) is 19.9 Å². The summed E-state index contributed by atoms with van der Waals surface area (Å²) >= 11 is 0. The molecular formula is C19H23N5O5. The normalized spacial score (nSPS) is 18.1. The first-order valence-electron chi connectivity index (χ1n) is 9.45. The van der Waals surface area contributed by atoms with Crippen LogP contribution in [0.1, 0.15) is 13.8 Å². The molecular weight excluding hydrogens is 378 g/mol. The number of non-ortho nitro benzene ring substituents is 1. The number of amides is 2. The molecule has 1 atom stereocenters. The summed E-state index contributed by atoms with van der Waals surface area (Å²) in [4.78, 5) is 40.6. The van der Waals surface area contributed by atoms with E-state index in [4.69, 9.17) is 4.74 Å². The van der Waals surface area contributed by atoms with Gasteiger partial charge < -0.3 is 9.64 Å². The molecule has 1 saturated heterocycles. The lowest BCUT2D eigenvalue weighted by atomic mass is 10.0. The largest absolute Gasteiger partial charge is 0.482 e. The Bertz CT molecular complexity index is 857. The number of carbonyl (C=O) groups is 2. The summed E-state index contributed by atoms with van der Waals surface area (Å²) in [5.41, 5.74) is 0.0520. The molecule has 2 heterocycles. The number of hydrogen-bond acceptors (Lipinski definition) is 7. The molecule has 0 aromatic heterocycles. The van der Waals surface area contributed by atoms with Crippen LogP contribution in [-0.2, 0) is 9.59 Å². The minimum atomic E-state index is -0.557. The Labute approximate surface area is 168 Å². The lowest BCUT2D eigenvalue weighted by Gasteiger charge is -2.39. The van der Waals surface area contributed by atoms with Gasteiger partial charge in [0, 0.05) is 38.3 Å². The van der Waals surface area contributed by atoms with E-state index >= 15 is 0 Å². The Balaban J connectivity index is 1.69. The Kier molecular flexibility index (Phi) is 5.98. The fourth-order valence-electron chi connectivity index (χ4n) is 3.61. The number of nitro benzene ring substituents is 1. The zero-order valence-electron chi connectivity index (χ0n) is 16.4. The van der Waals surface area contributed by atoms with E-state index in [-0.39, 0.29) is 42.4 Å². The second kappa shape index (κ2) is 8.45. The quantitative estimate of drug-likeness (QED) is 0.533. The standard InChI is InChI=1S/C19H23N5O5/c1-13(2)16(10-20)21-5-7-22(8-6-21)18(25)11-23-15-9-14(24(27)28)3-4-17(15)29-12-19(23)26/h3-4,9,13,16H,5-8,11-12H2,1-2H3. The van der Waals surface area contributed by atoms with Gasteiger partial charge in [-0.3, -0.25) is 29.5 Å². The maximum absolute atomic E-state index is 12.8. The van der Waals surface area contributed by atoms with E-state index in [0.717, 1.165) is 0 Å². The molecule has 0 spiro atoms. The fourth-order valence-corrected chi connectivity index (χ4v) is 3.61. The van der Waals surface area contributed by atoms with Crippen molar-refractivity contribution in [2.75, 3.05) is 44.2 Å². The number of rotatable bonds is 5. The summed E-state index contributed by atoms with van der Waals surface area (Å²) < 4.78 is 5.33. The molecule has 2 aliphatic heterocycles. The molecule has 10 heteroatoms. The maximum atomic E-state index is 12.8. The number of anilines is 1. The molecule has 10 nitrogen and oxygen atoms in total. The second-order valence-corrected chi connectivity index (χ2v) is 7.41. The van der Waals surface area contributed by atoms with Crippen LogP contribution in [0.2, 0.25) is 0 Å². The number of nitrogens with zero attached hydrogens (tertiary/aromatic N) is 5. The van der Waals surface area contributed by atoms with Gasteiger partial charge in [0.25, 0.3) is 11.6 Å². The van der Waals surface area contributed by atoms with Gasteiger partial charge in [-0.05, 0) is 12.0 Å². The van der Waals surface area contributed by atoms with Crippen LogP contribution in [-0.4, -0.2) is 71.9 Å². The van der Waals surface area contributed by atoms with Crippen molar-refractivity contribution in [3.05, 3.63) is 28.3 Å². The summed E-state index contributed by atoms with van der Waals surface area (Å²) in [5, 5.41) is 20.4. The van der Waals surface area contributed by atoms with Gasteiger partial charge in [0.15, 0.2) is 6.61 Å². The molecule has 1 unspecified atom stereocenters. The highest BCUT2D eigenvalue weighted by atomic mass is 16.6. The summed E-state index contributed by atoms with van der Waals surface area (Å²) in [7, 11) is 0. The third kappa shape index (κ3) is 4.30. The SMILES string of the molecule is CC(C)C(C#N)N1CCN(C(=O)CN2C(=O)COc3ccc([N+](=O)[O-])cc32)CC1. The summed E-state index contributed by atoms with van der Waals surface area (Å²) in [6, 6.07) is 6.10. The molecule has 0 radical (unpaired) electrons. The van der Waals surface area contributed by atoms with E-state index in [1.54, 1.807) is 4.90 Å². The lowest BCUT2D eigenvalue weighted by molar-refractivity contribution is -0.384. The third-order valence-corrected chi connectivity index (χ3v) is 5.21. The number of benzene rings is 1. The first-order valence-corrected chi connectivity index (χ1v) is 9.45. The van der Waals surface area contributed by atoms with Crippen LogP contribution in [0.5, 0.6) is 5.75 Å². The minimum absolute atomic E-state index is 0.177. The van der Waals surface area contributed by atoms with E-state index in [1.165, 1.54) is 23.1 Å². The van der Waals surface area contributed by atoms with Crippen molar-refractivity contribution in [2.24, 2.45) is 5.92 Å². The summed E-state index contributed by atoms with van der Waals surface area (Å²) in [6.07, 6.45) is 0. The van der Waals surface area contributed by atoms with Gasteiger partial charge in [0.2, 0.25) is 5.91 Å². The maximum Gasteiger partial charge on any atom is 0.271 e. The van der Waals surface area contributed by atoms with Crippen LogP contribution < -0.4 is 9.64 Å². The molecule has 2 amide bonds. The predicted molar refractivity (Wildman–Crippen MR) is 103 cm³/mol. The number of nitriles is 1. The van der Waals surface area contributed by atoms with Crippen LogP contribution in [0, 0.1) is 27.4 Å². The van der Waals surface area contributed by atoms with Gasteiger partial charge in [0.1, 0.15) is 18.3 Å². The summed E-state index contributed by atoms with van der Waals surface area (Å²) in [5.74, 6) is -0.133.